The van der Waals surface area contributed by atoms with Gasteiger partial charge in [0, 0.05) is 24.7 Å². The molecule has 0 atom stereocenters. The van der Waals surface area contributed by atoms with Crippen LogP contribution in [-0.2, 0) is 0 Å². The van der Waals surface area contributed by atoms with E-state index in [0.717, 1.165) is 23.6 Å². The van der Waals surface area contributed by atoms with E-state index in [9.17, 15) is 4.79 Å². The van der Waals surface area contributed by atoms with Crippen molar-refractivity contribution < 1.29 is 4.79 Å². The molecular formula is C17H21N3O. The number of aromatic nitrogens is 1. The van der Waals surface area contributed by atoms with E-state index in [1.54, 1.807) is 6.20 Å². The van der Waals surface area contributed by atoms with Gasteiger partial charge in [-0.05, 0) is 18.2 Å². The Labute approximate surface area is 125 Å². The zero-order chi connectivity index (χ0) is 14.8. The van der Waals surface area contributed by atoms with Gasteiger partial charge in [0.1, 0.15) is 5.82 Å². The number of rotatable bonds is 2. The van der Waals surface area contributed by atoms with Gasteiger partial charge in [-0.1, -0.05) is 43.5 Å². The second-order valence-corrected chi connectivity index (χ2v) is 5.81. The molecule has 1 aliphatic carbocycles. The maximum Gasteiger partial charge on any atom is 0.256 e. The van der Waals surface area contributed by atoms with Gasteiger partial charge in [0.05, 0.1) is 5.56 Å². The van der Waals surface area contributed by atoms with Crippen molar-refractivity contribution in [1.82, 2.24) is 9.88 Å². The zero-order valence-electron chi connectivity index (χ0n) is 12.4. The van der Waals surface area contributed by atoms with Crippen molar-refractivity contribution in [3.05, 3.63) is 36.0 Å². The largest absolute Gasteiger partial charge is 0.383 e. The van der Waals surface area contributed by atoms with Gasteiger partial charge in [-0.25, -0.2) is 4.98 Å². The molecule has 1 aliphatic rings. The Morgan fingerprint density at radius 1 is 1.19 bits per heavy atom. The summed E-state index contributed by atoms with van der Waals surface area (Å²) in [4.78, 5) is 18.9. The fraction of sp³-hybridized carbons (Fsp3) is 0.412. The second-order valence-electron chi connectivity index (χ2n) is 5.81. The molecule has 1 aromatic carbocycles. The first kappa shape index (κ1) is 13.9. The Morgan fingerprint density at radius 3 is 2.57 bits per heavy atom. The van der Waals surface area contributed by atoms with Gasteiger partial charge in [-0.2, -0.15) is 0 Å². The van der Waals surface area contributed by atoms with Crippen molar-refractivity contribution >= 4 is 22.5 Å². The third-order valence-electron chi connectivity index (χ3n) is 4.50. The molecule has 1 fully saturated rings. The van der Waals surface area contributed by atoms with Gasteiger partial charge in [0.25, 0.3) is 5.91 Å². The molecule has 2 N–H and O–H groups in total. The van der Waals surface area contributed by atoms with Crippen molar-refractivity contribution in [2.45, 2.75) is 38.1 Å². The molecule has 110 valence electrons. The summed E-state index contributed by atoms with van der Waals surface area (Å²) in [6, 6.07) is 8.05. The quantitative estimate of drug-likeness (QED) is 0.920. The number of hydrogen-bond donors (Lipinski definition) is 1. The minimum atomic E-state index is 0.0469. The number of anilines is 1. The molecule has 4 nitrogen and oxygen atoms in total. The minimum Gasteiger partial charge on any atom is -0.383 e. The Kier molecular flexibility index (Phi) is 3.78. The number of hydrogen-bond acceptors (Lipinski definition) is 3. The van der Waals surface area contributed by atoms with E-state index in [1.807, 2.05) is 36.2 Å². The molecule has 0 radical (unpaired) electrons. The van der Waals surface area contributed by atoms with Gasteiger partial charge in [-0.15, -0.1) is 0 Å². The van der Waals surface area contributed by atoms with Crippen LogP contribution >= 0.6 is 0 Å². The number of benzene rings is 1. The first-order chi connectivity index (χ1) is 10.2. The highest BCUT2D eigenvalue weighted by Gasteiger charge is 2.24. The molecule has 0 aliphatic heterocycles. The molecule has 0 bridgehead atoms. The monoisotopic (exact) mass is 283 g/mol. The van der Waals surface area contributed by atoms with E-state index in [1.165, 1.54) is 19.3 Å². The van der Waals surface area contributed by atoms with Crippen LogP contribution in [-0.4, -0.2) is 28.9 Å². The topological polar surface area (TPSA) is 59.2 Å². The van der Waals surface area contributed by atoms with Crippen molar-refractivity contribution in [3.63, 3.8) is 0 Å². The summed E-state index contributed by atoms with van der Waals surface area (Å²) in [7, 11) is 1.91. The second kappa shape index (κ2) is 5.72. The number of fused-ring (bicyclic) bond motifs is 1. The molecule has 2 aromatic rings. The zero-order valence-corrected chi connectivity index (χ0v) is 12.4. The van der Waals surface area contributed by atoms with Crippen LogP contribution in [0.1, 0.15) is 42.5 Å². The lowest BCUT2D eigenvalue weighted by Gasteiger charge is -2.31. The maximum absolute atomic E-state index is 12.8. The lowest BCUT2D eigenvalue weighted by molar-refractivity contribution is 0.0698. The number of pyridine rings is 1. The summed E-state index contributed by atoms with van der Waals surface area (Å²) in [5, 5.41) is 1.73. The van der Waals surface area contributed by atoms with Gasteiger partial charge >= 0.3 is 0 Å². The third kappa shape index (κ3) is 2.58. The molecule has 1 amide bonds. The van der Waals surface area contributed by atoms with E-state index >= 15 is 0 Å². The highest BCUT2D eigenvalue weighted by Crippen LogP contribution is 2.26. The van der Waals surface area contributed by atoms with Crippen molar-refractivity contribution in [2.24, 2.45) is 0 Å². The first-order valence-electron chi connectivity index (χ1n) is 7.59. The van der Waals surface area contributed by atoms with E-state index in [0.29, 0.717) is 17.4 Å². The minimum absolute atomic E-state index is 0.0469. The van der Waals surface area contributed by atoms with E-state index in [4.69, 9.17) is 5.73 Å². The van der Waals surface area contributed by atoms with Crippen LogP contribution in [0.2, 0.25) is 0 Å². The summed E-state index contributed by atoms with van der Waals surface area (Å²) in [5.41, 5.74) is 6.55. The first-order valence-corrected chi connectivity index (χ1v) is 7.59. The molecule has 1 heterocycles. The highest BCUT2D eigenvalue weighted by molar-refractivity contribution is 6.08. The Morgan fingerprint density at radius 2 is 1.86 bits per heavy atom. The van der Waals surface area contributed by atoms with Gasteiger partial charge in [0.15, 0.2) is 0 Å². The fourth-order valence-corrected chi connectivity index (χ4v) is 3.21. The fourth-order valence-electron chi connectivity index (χ4n) is 3.21. The Balaban J connectivity index is 1.96. The molecule has 4 heteroatoms. The molecule has 21 heavy (non-hydrogen) atoms. The van der Waals surface area contributed by atoms with Crippen LogP contribution < -0.4 is 5.73 Å². The summed E-state index contributed by atoms with van der Waals surface area (Å²) in [5.74, 6) is 0.521. The van der Waals surface area contributed by atoms with Crippen LogP contribution in [0.25, 0.3) is 10.8 Å². The third-order valence-corrected chi connectivity index (χ3v) is 4.50. The van der Waals surface area contributed by atoms with Crippen LogP contribution in [0.15, 0.2) is 30.5 Å². The van der Waals surface area contributed by atoms with Crippen molar-refractivity contribution in [2.75, 3.05) is 12.8 Å². The molecular weight excluding hydrogens is 262 g/mol. The van der Waals surface area contributed by atoms with Gasteiger partial charge in [-0.3, -0.25) is 4.79 Å². The smallest absolute Gasteiger partial charge is 0.256 e. The summed E-state index contributed by atoms with van der Waals surface area (Å²) < 4.78 is 0. The highest BCUT2D eigenvalue weighted by atomic mass is 16.2. The van der Waals surface area contributed by atoms with E-state index in [-0.39, 0.29) is 5.91 Å². The predicted octanol–water partition coefficient (Wildman–Crippen LogP) is 3.22. The standard InChI is InChI=1S/C17H21N3O/c1-20(12-7-3-2-4-8-12)17(21)15-11-19-16(18)14-10-6-5-9-13(14)15/h5-6,9-12H,2-4,7-8H2,1H3,(H2,18,19). The number of nitrogens with zero attached hydrogens (tertiary/aromatic N) is 2. The summed E-state index contributed by atoms with van der Waals surface area (Å²) in [6.07, 6.45) is 7.52. The van der Waals surface area contributed by atoms with E-state index < -0.39 is 0 Å². The lowest BCUT2D eigenvalue weighted by Crippen LogP contribution is -2.38. The van der Waals surface area contributed by atoms with Crippen LogP contribution in [0.5, 0.6) is 0 Å². The Bertz CT molecular complexity index is 662. The lowest BCUT2D eigenvalue weighted by atomic mass is 9.94. The molecule has 0 unspecified atom stereocenters. The van der Waals surface area contributed by atoms with Gasteiger partial charge in [0.2, 0.25) is 0 Å². The van der Waals surface area contributed by atoms with Crippen molar-refractivity contribution in [1.29, 1.82) is 0 Å². The van der Waals surface area contributed by atoms with Crippen LogP contribution in [0.4, 0.5) is 5.82 Å². The number of nitrogen functional groups attached to an aromatic ring is 1. The molecule has 0 saturated heterocycles. The predicted molar refractivity (Wildman–Crippen MR) is 85.1 cm³/mol. The van der Waals surface area contributed by atoms with Crippen LogP contribution in [0, 0.1) is 0 Å². The van der Waals surface area contributed by atoms with E-state index in [2.05, 4.69) is 4.98 Å². The number of nitrogens with two attached hydrogens (primary N) is 1. The average molecular weight is 283 g/mol. The summed E-state index contributed by atoms with van der Waals surface area (Å²) in [6.45, 7) is 0. The average Bonchev–Trinajstić information content (AvgIpc) is 2.55. The Hall–Kier alpha value is -2.10. The normalized spacial score (nSPS) is 16.0. The molecule has 0 spiro atoms. The number of amides is 1. The molecule has 1 saturated carbocycles. The SMILES string of the molecule is CN(C(=O)c1cnc(N)c2ccccc12)C1CCCCC1. The van der Waals surface area contributed by atoms with Crippen molar-refractivity contribution in [3.8, 4) is 0 Å². The van der Waals surface area contributed by atoms with Crippen LogP contribution in [0.3, 0.4) is 0 Å². The maximum atomic E-state index is 12.8. The van der Waals surface area contributed by atoms with Gasteiger partial charge < -0.3 is 10.6 Å². The number of carbonyl (C=O) groups excluding carboxylic acids is 1. The molecule has 1 aromatic heterocycles. The number of carbonyl (C=O) groups is 1. The summed E-state index contributed by atoms with van der Waals surface area (Å²) >= 11 is 0. The molecule has 3 rings (SSSR count).